The van der Waals surface area contributed by atoms with Crippen LogP contribution in [0.4, 0.5) is 5.13 Å². The molecule has 2 aromatic rings. The molecule has 1 aliphatic rings. The minimum Gasteiger partial charge on any atom is -0.296 e. The van der Waals surface area contributed by atoms with Crippen molar-refractivity contribution < 1.29 is 13.2 Å². The van der Waals surface area contributed by atoms with E-state index in [1.807, 2.05) is 0 Å². The summed E-state index contributed by atoms with van der Waals surface area (Å²) in [6.45, 7) is 0.876. The van der Waals surface area contributed by atoms with E-state index < -0.39 is 15.9 Å². The quantitative estimate of drug-likeness (QED) is 0.818. The first-order chi connectivity index (χ1) is 11.9. The van der Waals surface area contributed by atoms with Crippen LogP contribution in [0.3, 0.4) is 0 Å². The first-order valence-corrected chi connectivity index (χ1v) is 10.5. The number of nitrogens with one attached hydrogen (secondary N) is 1. The van der Waals surface area contributed by atoms with Gasteiger partial charge in [-0.15, -0.1) is 10.2 Å². The average molecular weight is 421 g/mol. The highest BCUT2D eigenvalue weighted by atomic mass is 35.5. The van der Waals surface area contributed by atoms with Gasteiger partial charge in [-0.25, -0.2) is 8.42 Å². The Morgan fingerprint density at radius 2 is 1.88 bits per heavy atom. The molecule has 134 valence electrons. The van der Waals surface area contributed by atoms with Gasteiger partial charge in [0.2, 0.25) is 15.2 Å². The maximum Gasteiger partial charge on any atom is 0.259 e. The van der Waals surface area contributed by atoms with E-state index in [1.54, 1.807) is 0 Å². The predicted octanol–water partition coefficient (Wildman–Crippen LogP) is 3.27. The van der Waals surface area contributed by atoms with Crippen molar-refractivity contribution in [2.24, 2.45) is 0 Å². The number of carbonyl (C=O) groups excluding carboxylic acids is 1. The summed E-state index contributed by atoms with van der Waals surface area (Å²) in [6, 6.07) is 2.49. The number of halogens is 2. The van der Waals surface area contributed by atoms with E-state index in [0.717, 1.165) is 30.6 Å². The van der Waals surface area contributed by atoms with Gasteiger partial charge >= 0.3 is 0 Å². The molecule has 0 spiro atoms. The average Bonchev–Trinajstić information content (AvgIpc) is 3.08. The Hall–Kier alpha value is -1.26. The Kier molecular flexibility index (Phi) is 5.59. The number of carbonyl (C=O) groups is 1. The van der Waals surface area contributed by atoms with E-state index in [1.165, 1.54) is 21.9 Å². The fourth-order valence-electron chi connectivity index (χ4n) is 2.54. The second-order valence-electron chi connectivity index (χ2n) is 5.43. The van der Waals surface area contributed by atoms with Crippen LogP contribution in [0.2, 0.25) is 10.0 Å². The molecule has 0 saturated carbocycles. The van der Waals surface area contributed by atoms with E-state index in [-0.39, 0.29) is 25.6 Å². The van der Waals surface area contributed by atoms with E-state index >= 15 is 0 Å². The summed E-state index contributed by atoms with van der Waals surface area (Å²) in [5.74, 6) is -0.575. The van der Waals surface area contributed by atoms with E-state index in [2.05, 4.69) is 15.5 Å². The lowest BCUT2D eigenvalue weighted by atomic mass is 10.2. The van der Waals surface area contributed by atoms with Gasteiger partial charge < -0.3 is 0 Å². The fraction of sp³-hybridized carbons (Fsp3) is 0.357. The molecule has 2 heterocycles. The van der Waals surface area contributed by atoms with Gasteiger partial charge in [-0.1, -0.05) is 41.0 Å². The van der Waals surface area contributed by atoms with Crippen LogP contribution >= 0.6 is 34.5 Å². The number of piperidine rings is 1. The summed E-state index contributed by atoms with van der Waals surface area (Å²) in [6.07, 6.45) is 2.60. The van der Waals surface area contributed by atoms with Crippen molar-refractivity contribution in [2.75, 3.05) is 18.4 Å². The first kappa shape index (κ1) is 18.5. The third kappa shape index (κ3) is 3.95. The number of rotatable bonds is 4. The molecule has 1 aliphatic heterocycles. The molecule has 1 fully saturated rings. The molecular formula is C14H14Cl2N4O3S2. The van der Waals surface area contributed by atoms with Gasteiger partial charge in [-0.3, -0.25) is 10.1 Å². The molecule has 25 heavy (non-hydrogen) atoms. The lowest BCUT2D eigenvalue weighted by Gasteiger charge is -2.26. The van der Waals surface area contributed by atoms with E-state index in [4.69, 9.17) is 23.2 Å². The molecule has 11 heteroatoms. The van der Waals surface area contributed by atoms with Crippen molar-refractivity contribution in [3.63, 3.8) is 0 Å². The minimum atomic E-state index is -3.79. The van der Waals surface area contributed by atoms with Gasteiger partial charge in [0, 0.05) is 13.1 Å². The Morgan fingerprint density at radius 3 is 2.52 bits per heavy atom. The van der Waals surface area contributed by atoms with Gasteiger partial charge in [0.15, 0.2) is 0 Å². The van der Waals surface area contributed by atoms with Crippen LogP contribution in [0.15, 0.2) is 22.5 Å². The van der Waals surface area contributed by atoms with Gasteiger partial charge in [0.1, 0.15) is 10.4 Å². The number of hydrogen-bond donors (Lipinski definition) is 1. The number of anilines is 1. The van der Waals surface area contributed by atoms with Crippen molar-refractivity contribution in [3.05, 3.63) is 33.3 Å². The zero-order chi connectivity index (χ0) is 18.0. The molecule has 1 saturated heterocycles. The zero-order valence-corrected chi connectivity index (χ0v) is 16.1. The lowest BCUT2D eigenvalue weighted by molar-refractivity contribution is 0.102. The van der Waals surface area contributed by atoms with Crippen molar-refractivity contribution in [1.82, 2.24) is 14.5 Å². The Balaban J connectivity index is 1.96. The smallest absolute Gasteiger partial charge is 0.259 e. The summed E-state index contributed by atoms with van der Waals surface area (Å²) in [5.41, 5.74) is 1.47. The maximum absolute atomic E-state index is 12.9. The molecule has 7 nitrogen and oxygen atoms in total. The fourth-order valence-corrected chi connectivity index (χ4v) is 5.33. The van der Waals surface area contributed by atoms with Crippen LogP contribution in [-0.4, -0.2) is 41.9 Å². The lowest BCUT2D eigenvalue weighted by Crippen LogP contribution is -2.35. The van der Waals surface area contributed by atoms with E-state index in [0.29, 0.717) is 13.1 Å². The Bertz CT molecular complexity index is 882. The molecule has 1 N–H and O–H groups in total. The third-order valence-corrected chi connectivity index (χ3v) is 7.06. The van der Waals surface area contributed by atoms with Gasteiger partial charge in [0.05, 0.1) is 15.6 Å². The van der Waals surface area contributed by atoms with Gasteiger partial charge in [0.25, 0.3) is 5.91 Å². The van der Waals surface area contributed by atoms with Crippen LogP contribution < -0.4 is 5.32 Å². The predicted molar refractivity (Wildman–Crippen MR) is 96.9 cm³/mol. The maximum atomic E-state index is 12.9. The molecule has 1 aromatic carbocycles. The highest BCUT2D eigenvalue weighted by molar-refractivity contribution is 7.89. The SMILES string of the molecule is O=C(Nc1nncs1)c1cc(S(=O)(=O)N2CCCCC2)c(Cl)cc1Cl. The minimum absolute atomic E-state index is 0.0110. The van der Waals surface area contributed by atoms with Crippen molar-refractivity contribution >= 4 is 55.6 Å². The number of amides is 1. The summed E-state index contributed by atoms with van der Waals surface area (Å²) in [4.78, 5) is 12.3. The Morgan fingerprint density at radius 1 is 1.16 bits per heavy atom. The molecular weight excluding hydrogens is 407 g/mol. The van der Waals surface area contributed by atoms with Crippen molar-refractivity contribution in [1.29, 1.82) is 0 Å². The molecule has 1 aromatic heterocycles. The Labute approximate surface area is 159 Å². The molecule has 0 aliphatic carbocycles. The highest BCUT2D eigenvalue weighted by Crippen LogP contribution is 2.32. The number of sulfonamides is 1. The molecule has 0 atom stereocenters. The third-order valence-electron chi connectivity index (χ3n) is 3.78. The number of aromatic nitrogens is 2. The number of benzene rings is 1. The van der Waals surface area contributed by atoms with Crippen molar-refractivity contribution in [2.45, 2.75) is 24.2 Å². The van der Waals surface area contributed by atoms with Crippen LogP contribution in [0, 0.1) is 0 Å². The summed E-state index contributed by atoms with van der Waals surface area (Å²) in [5, 5.41) is 10.2. The number of nitrogens with zero attached hydrogens (tertiary/aromatic N) is 3. The van der Waals surface area contributed by atoms with Crippen LogP contribution in [0.5, 0.6) is 0 Å². The molecule has 0 radical (unpaired) electrons. The summed E-state index contributed by atoms with van der Waals surface area (Å²) < 4.78 is 27.1. The topological polar surface area (TPSA) is 92.3 Å². The molecule has 0 unspecified atom stereocenters. The summed E-state index contributed by atoms with van der Waals surface area (Å²) in [7, 11) is -3.79. The highest BCUT2D eigenvalue weighted by Gasteiger charge is 2.29. The van der Waals surface area contributed by atoms with Gasteiger partial charge in [-0.05, 0) is 25.0 Å². The number of hydrogen-bond acceptors (Lipinski definition) is 6. The van der Waals surface area contributed by atoms with Crippen LogP contribution in [-0.2, 0) is 10.0 Å². The normalized spacial score (nSPS) is 15.9. The van der Waals surface area contributed by atoms with Crippen molar-refractivity contribution in [3.8, 4) is 0 Å². The summed E-state index contributed by atoms with van der Waals surface area (Å²) >= 11 is 13.3. The monoisotopic (exact) mass is 420 g/mol. The molecule has 0 bridgehead atoms. The molecule has 3 rings (SSSR count). The second-order valence-corrected chi connectivity index (χ2v) is 8.98. The standard InChI is InChI=1S/C14H14Cl2N4O3S2/c15-10-7-11(16)12(25(22,23)20-4-2-1-3-5-20)6-9(10)13(21)18-14-19-17-8-24-14/h6-8H,1-5H2,(H,18,19,21). The van der Waals surface area contributed by atoms with E-state index in [9.17, 15) is 13.2 Å². The van der Waals surface area contributed by atoms with Crippen LogP contribution in [0.25, 0.3) is 0 Å². The zero-order valence-electron chi connectivity index (χ0n) is 12.9. The molecule has 1 amide bonds. The van der Waals surface area contributed by atoms with Crippen LogP contribution in [0.1, 0.15) is 29.6 Å². The first-order valence-electron chi connectivity index (χ1n) is 7.46. The second kappa shape index (κ2) is 7.55. The largest absolute Gasteiger partial charge is 0.296 e. The van der Waals surface area contributed by atoms with Gasteiger partial charge in [-0.2, -0.15) is 4.31 Å².